The Morgan fingerprint density at radius 1 is 1.07 bits per heavy atom. The standard InChI is InChI=1S/C40H42Cl2N6O7/c1-54-37-24(19-43-20-25-10-14-34(49)45-25)17-31(41)38(47-37)55-32-12-11-27-26(5-2-6-28(27)32)29-7-3-8-30(35(29)42)36(50)46-33-13-9-23(18-44-33)21-48-16-4-15-40(53,22-48)39(51)52/h2-3,5-9,13,17-18,25,32,43,53H,4,10-12,14-16,19-22H2,1H3,(H,45,49)(H,51,52)(H,44,46,50)/t25?,32-,40?/m0/s1. The number of carboxylic acid groups (broad SMARTS) is 1. The largest absolute Gasteiger partial charge is 0.481 e. The van der Waals surface area contributed by atoms with Gasteiger partial charge in [-0.3, -0.25) is 14.5 Å². The van der Waals surface area contributed by atoms with Crippen LogP contribution < -0.4 is 25.4 Å². The molecule has 288 valence electrons. The number of aliphatic carboxylic acids is 1. The van der Waals surface area contributed by atoms with E-state index >= 15 is 0 Å². The fraction of sp³-hybridized carbons (Fsp3) is 0.375. The first-order chi connectivity index (χ1) is 26.5. The number of rotatable bonds is 13. The lowest BCUT2D eigenvalue weighted by atomic mass is 9.93. The molecule has 2 saturated heterocycles. The molecule has 2 aromatic heterocycles. The second-order valence-electron chi connectivity index (χ2n) is 14.2. The molecule has 3 atom stereocenters. The van der Waals surface area contributed by atoms with E-state index in [4.69, 9.17) is 32.7 Å². The van der Waals surface area contributed by atoms with Crippen LogP contribution in [0, 0.1) is 0 Å². The molecule has 13 nitrogen and oxygen atoms in total. The van der Waals surface area contributed by atoms with Crippen molar-refractivity contribution in [3.63, 3.8) is 0 Å². The van der Waals surface area contributed by atoms with E-state index < -0.39 is 17.5 Å². The summed E-state index contributed by atoms with van der Waals surface area (Å²) in [6, 6.07) is 16.7. The number of halogens is 2. The highest BCUT2D eigenvalue weighted by molar-refractivity contribution is 6.37. The molecule has 5 N–H and O–H groups in total. The summed E-state index contributed by atoms with van der Waals surface area (Å²) in [5.41, 5.74) is 3.78. The SMILES string of the molecule is COc1nc(O[C@H]2CCc3c(-c4cccc(C(=O)Nc5ccc(CN6CCCC(O)(C(=O)O)C6)cn5)c4Cl)cccc32)c(Cl)cc1CNCC1CCC(=O)N1. The fourth-order valence-electron chi connectivity index (χ4n) is 7.60. The van der Waals surface area contributed by atoms with E-state index in [9.17, 15) is 24.6 Å². The number of likely N-dealkylation sites (tertiary alicyclic amines) is 1. The molecule has 15 heteroatoms. The first-order valence-electron chi connectivity index (χ1n) is 18.3. The van der Waals surface area contributed by atoms with Crippen molar-refractivity contribution >= 4 is 46.8 Å². The number of anilines is 1. The Labute approximate surface area is 328 Å². The van der Waals surface area contributed by atoms with Crippen LogP contribution in [0.15, 0.2) is 60.8 Å². The van der Waals surface area contributed by atoms with Crippen LogP contribution in [0.5, 0.6) is 11.8 Å². The Bertz CT molecular complexity index is 2100. The number of methoxy groups -OCH3 is 1. The Hall–Kier alpha value is -4.79. The van der Waals surface area contributed by atoms with Gasteiger partial charge in [0.1, 0.15) is 16.9 Å². The van der Waals surface area contributed by atoms with Gasteiger partial charge in [-0.05, 0) is 79.1 Å². The summed E-state index contributed by atoms with van der Waals surface area (Å²) < 4.78 is 12.0. The molecule has 4 aromatic rings. The monoisotopic (exact) mass is 788 g/mol. The number of aromatic nitrogens is 2. The van der Waals surface area contributed by atoms with Gasteiger partial charge in [-0.1, -0.05) is 59.6 Å². The summed E-state index contributed by atoms with van der Waals surface area (Å²) in [5.74, 6) is -0.557. The van der Waals surface area contributed by atoms with Crippen LogP contribution in [-0.2, 0) is 29.1 Å². The lowest BCUT2D eigenvalue weighted by Crippen LogP contribution is -2.52. The van der Waals surface area contributed by atoms with E-state index in [0.717, 1.165) is 34.2 Å². The second kappa shape index (κ2) is 16.5. The van der Waals surface area contributed by atoms with Crippen molar-refractivity contribution in [3.8, 4) is 22.9 Å². The molecule has 2 fully saturated rings. The predicted molar refractivity (Wildman–Crippen MR) is 207 cm³/mol. The van der Waals surface area contributed by atoms with Gasteiger partial charge in [0, 0.05) is 56.0 Å². The number of fused-ring (bicyclic) bond motifs is 1. The molecule has 2 unspecified atom stereocenters. The first kappa shape index (κ1) is 38.5. The molecule has 2 aromatic carbocycles. The number of carbonyl (C=O) groups excluding carboxylic acids is 2. The molecule has 7 rings (SSSR count). The molecule has 55 heavy (non-hydrogen) atoms. The van der Waals surface area contributed by atoms with Gasteiger partial charge in [0.2, 0.25) is 17.7 Å². The third-order valence-corrected chi connectivity index (χ3v) is 11.1. The fourth-order valence-corrected chi connectivity index (χ4v) is 8.13. The smallest absolute Gasteiger partial charge is 0.337 e. The number of hydrogen-bond acceptors (Lipinski definition) is 10. The number of piperidine rings is 1. The molecule has 0 bridgehead atoms. The third kappa shape index (κ3) is 8.56. The highest BCUT2D eigenvalue weighted by Gasteiger charge is 2.40. The Morgan fingerprint density at radius 2 is 1.89 bits per heavy atom. The van der Waals surface area contributed by atoms with Crippen molar-refractivity contribution in [2.45, 2.75) is 69.4 Å². The number of hydrogen-bond donors (Lipinski definition) is 5. The molecular formula is C40H42Cl2N6O7. The number of β-amino-alcohol motifs (C(OH)–C–C–N with tert-alkyl or cyclic N) is 1. The van der Waals surface area contributed by atoms with Gasteiger partial charge >= 0.3 is 5.97 Å². The van der Waals surface area contributed by atoms with E-state index in [1.807, 2.05) is 35.2 Å². The zero-order valence-electron chi connectivity index (χ0n) is 30.2. The average Bonchev–Trinajstić information content (AvgIpc) is 3.78. The number of nitrogens with one attached hydrogen (secondary N) is 3. The molecule has 4 heterocycles. The Balaban J connectivity index is 1.01. The van der Waals surface area contributed by atoms with Gasteiger partial charge in [0.15, 0.2) is 5.60 Å². The molecular weight excluding hydrogens is 747 g/mol. The highest BCUT2D eigenvalue weighted by atomic mass is 35.5. The van der Waals surface area contributed by atoms with Crippen molar-refractivity contribution in [2.75, 3.05) is 32.1 Å². The summed E-state index contributed by atoms with van der Waals surface area (Å²) in [4.78, 5) is 47.4. The topological polar surface area (TPSA) is 175 Å². The number of pyridine rings is 2. The summed E-state index contributed by atoms with van der Waals surface area (Å²) in [6.45, 7) is 2.21. The van der Waals surface area contributed by atoms with E-state index in [1.165, 1.54) is 0 Å². The molecule has 0 spiro atoms. The maximum atomic E-state index is 13.5. The second-order valence-corrected chi connectivity index (χ2v) is 15.0. The first-order valence-corrected chi connectivity index (χ1v) is 19.0. The van der Waals surface area contributed by atoms with Crippen molar-refractivity contribution in [2.24, 2.45) is 0 Å². The molecule has 3 aliphatic rings. The summed E-state index contributed by atoms with van der Waals surface area (Å²) >= 11 is 13.6. The van der Waals surface area contributed by atoms with Gasteiger partial charge in [-0.2, -0.15) is 4.98 Å². The zero-order chi connectivity index (χ0) is 38.7. The van der Waals surface area contributed by atoms with Crippen LogP contribution in [-0.4, -0.2) is 81.3 Å². The van der Waals surface area contributed by atoms with E-state index in [1.54, 1.807) is 37.6 Å². The minimum absolute atomic E-state index is 0.0338. The predicted octanol–water partition coefficient (Wildman–Crippen LogP) is 5.56. The number of nitrogens with zero attached hydrogens (tertiary/aromatic N) is 3. The maximum Gasteiger partial charge on any atom is 0.337 e. The molecule has 2 aliphatic heterocycles. The third-order valence-electron chi connectivity index (χ3n) is 10.4. The van der Waals surface area contributed by atoms with Gasteiger partial charge in [-0.15, -0.1) is 0 Å². The summed E-state index contributed by atoms with van der Waals surface area (Å²) in [7, 11) is 1.55. The number of aliphatic hydroxyl groups is 1. The van der Waals surface area contributed by atoms with Crippen molar-refractivity contribution in [1.82, 2.24) is 25.5 Å². The van der Waals surface area contributed by atoms with Crippen molar-refractivity contribution in [3.05, 3.63) is 98.7 Å². The van der Waals surface area contributed by atoms with E-state index in [0.29, 0.717) is 84.7 Å². The van der Waals surface area contributed by atoms with Gasteiger partial charge < -0.3 is 35.6 Å². The summed E-state index contributed by atoms with van der Waals surface area (Å²) in [5, 5.41) is 29.6. The van der Waals surface area contributed by atoms with Gasteiger partial charge in [0.25, 0.3) is 5.91 Å². The van der Waals surface area contributed by atoms with Crippen LogP contribution in [0.3, 0.4) is 0 Å². The molecule has 2 amide bonds. The summed E-state index contributed by atoms with van der Waals surface area (Å²) in [6.07, 6.45) is 4.83. The van der Waals surface area contributed by atoms with E-state index in [-0.39, 0.29) is 36.9 Å². The zero-order valence-corrected chi connectivity index (χ0v) is 31.8. The minimum Gasteiger partial charge on any atom is -0.481 e. The lowest BCUT2D eigenvalue weighted by molar-refractivity contribution is -0.164. The van der Waals surface area contributed by atoms with Gasteiger partial charge in [-0.25, -0.2) is 9.78 Å². The van der Waals surface area contributed by atoms with E-state index in [2.05, 4.69) is 25.9 Å². The number of benzene rings is 2. The van der Waals surface area contributed by atoms with Crippen LogP contribution in [0.1, 0.15) is 70.8 Å². The van der Waals surface area contributed by atoms with Crippen LogP contribution >= 0.6 is 23.2 Å². The number of carboxylic acids is 1. The van der Waals surface area contributed by atoms with Crippen molar-refractivity contribution in [1.29, 1.82) is 0 Å². The van der Waals surface area contributed by atoms with Crippen LogP contribution in [0.2, 0.25) is 10.0 Å². The molecule has 0 radical (unpaired) electrons. The average molecular weight is 790 g/mol. The lowest BCUT2D eigenvalue weighted by Gasteiger charge is -2.36. The maximum absolute atomic E-state index is 13.5. The van der Waals surface area contributed by atoms with Gasteiger partial charge in [0.05, 0.1) is 17.7 Å². The van der Waals surface area contributed by atoms with Crippen LogP contribution in [0.4, 0.5) is 5.82 Å². The highest BCUT2D eigenvalue weighted by Crippen LogP contribution is 2.43. The molecule has 0 saturated carbocycles. The van der Waals surface area contributed by atoms with Crippen molar-refractivity contribution < 1.29 is 34.1 Å². The molecule has 1 aliphatic carbocycles. The number of carbonyl (C=O) groups is 3. The quantitative estimate of drug-likeness (QED) is 0.115. The van der Waals surface area contributed by atoms with Crippen LogP contribution in [0.25, 0.3) is 11.1 Å². The Morgan fingerprint density at radius 3 is 2.64 bits per heavy atom. The normalized spacial score (nSPS) is 20.8. The Kier molecular flexibility index (Phi) is 11.6. The number of ether oxygens (including phenoxy) is 2. The number of amides is 2. The minimum atomic E-state index is -1.76.